The van der Waals surface area contributed by atoms with Crippen molar-refractivity contribution < 1.29 is 19.7 Å². The highest BCUT2D eigenvalue weighted by molar-refractivity contribution is 5.92. The Balaban J connectivity index is 1.88. The normalized spacial score (nSPS) is 10.6. The SMILES string of the molecule is O=C(OC/C=C/c1ccc(O)cc1)c1ccccc1O. The molecular weight excluding hydrogens is 256 g/mol. The first kappa shape index (κ1) is 13.7. The molecule has 0 atom stereocenters. The fourth-order valence-corrected chi connectivity index (χ4v) is 1.62. The molecule has 2 aromatic carbocycles. The largest absolute Gasteiger partial charge is 0.508 e. The van der Waals surface area contributed by atoms with Crippen LogP contribution in [0.15, 0.2) is 54.6 Å². The van der Waals surface area contributed by atoms with E-state index in [0.29, 0.717) is 0 Å². The maximum Gasteiger partial charge on any atom is 0.342 e. The van der Waals surface area contributed by atoms with Crippen molar-refractivity contribution >= 4 is 12.0 Å². The first-order valence-electron chi connectivity index (χ1n) is 6.07. The van der Waals surface area contributed by atoms with Gasteiger partial charge >= 0.3 is 5.97 Å². The van der Waals surface area contributed by atoms with Gasteiger partial charge in [-0.15, -0.1) is 0 Å². The van der Waals surface area contributed by atoms with Crippen LogP contribution in [-0.2, 0) is 4.74 Å². The lowest BCUT2D eigenvalue weighted by atomic mass is 10.2. The average molecular weight is 270 g/mol. The molecule has 2 aromatic rings. The van der Waals surface area contributed by atoms with Gasteiger partial charge in [0.25, 0.3) is 0 Å². The molecule has 0 spiro atoms. The van der Waals surface area contributed by atoms with Crippen LogP contribution in [0.25, 0.3) is 6.08 Å². The molecule has 4 heteroatoms. The van der Waals surface area contributed by atoms with Crippen molar-refractivity contribution in [1.29, 1.82) is 0 Å². The van der Waals surface area contributed by atoms with Crippen LogP contribution in [0.3, 0.4) is 0 Å². The summed E-state index contributed by atoms with van der Waals surface area (Å²) in [6, 6.07) is 12.9. The fraction of sp³-hybridized carbons (Fsp3) is 0.0625. The summed E-state index contributed by atoms with van der Waals surface area (Å²) in [5.74, 6) is -0.466. The Kier molecular flexibility index (Phi) is 4.39. The van der Waals surface area contributed by atoms with E-state index in [2.05, 4.69) is 0 Å². The second-order valence-corrected chi connectivity index (χ2v) is 4.11. The lowest BCUT2D eigenvalue weighted by molar-refractivity contribution is 0.0547. The van der Waals surface area contributed by atoms with Gasteiger partial charge in [0.2, 0.25) is 0 Å². The molecule has 2 N–H and O–H groups in total. The van der Waals surface area contributed by atoms with Crippen LogP contribution in [0, 0.1) is 0 Å². The van der Waals surface area contributed by atoms with Gasteiger partial charge in [0.05, 0.1) is 0 Å². The molecular formula is C16H14O4. The number of hydrogen-bond acceptors (Lipinski definition) is 4. The maximum absolute atomic E-state index is 11.7. The van der Waals surface area contributed by atoms with Gasteiger partial charge in [0.15, 0.2) is 0 Å². The number of rotatable bonds is 4. The number of aromatic hydroxyl groups is 2. The Labute approximate surface area is 116 Å². The molecule has 0 radical (unpaired) electrons. The molecule has 0 aliphatic heterocycles. The van der Waals surface area contributed by atoms with Crippen LogP contribution >= 0.6 is 0 Å². The molecule has 0 saturated heterocycles. The number of phenolic OH excluding ortho intramolecular Hbond substituents is 2. The number of phenols is 2. The van der Waals surface area contributed by atoms with E-state index in [1.165, 1.54) is 12.1 Å². The van der Waals surface area contributed by atoms with Gasteiger partial charge < -0.3 is 14.9 Å². The molecule has 0 aliphatic rings. The van der Waals surface area contributed by atoms with Crippen molar-refractivity contribution in [3.63, 3.8) is 0 Å². The molecule has 0 fully saturated rings. The first-order chi connectivity index (χ1) is 9.66. The zero-order chi connectivity index (χ0) is 14.4. The summed E-state index contributed by atoms with van der Waals surface area (Å²) in [6.45, 7) is 0.105. The average Bonchev–Trinajstić information content (AvgIpc) is 2.46. The van der Waals surface area contributed by atoms with Gasteiger partial charge in [-0.2, -0.15) is 0 Å². The Morgan fingerprint density at radius 2 is 1.75 bits per heavy atom. The molecule has 0 saturated carbocycles. The van der Waals surface area contributed by atoms with E-state index in [4.69, 9.17) is 9.84 Å². The Morgan fingerprint density at radius 1 is 1.05 bits per heavy atom. The number of carbonyl (C=O) groups excluding carboxylic acids is 1. The van der Waals surface area contributed by atoms with Crippen LogP contribution < -0.4 is 0 Å². The third-order valence-corrected chi connectivity index (χ3v) is 2.64. The second kappa shape index (κ2) is 6.43. The summed E-state index contributed by atoms with van der Waals surface area (Å²) < 4.78 is 5.02. The third kappa shape index (κ3) is 3.62. The molecule has 20 heavy (non-hydrogen) atoms. The van der Waals surface area contributed by atoms with Gasteiger partial charge in [0.1, 0.15) is 23.7 Å². The number of esters is 1. The molecule has 0 amide bonds. The monoisotopic (exact) mass is 270 g/mol. The highest BCUT2D eigenvalue weighted by Crippen LogP contribution is 2.16. The number of para-hydroxylation sites is 1. The lowest BCUT2D eigenvalue weighted by Gasteiger charge is -2.03. The van der Waals surface area contributed by atoms with Crippen molar-refractivity contribution in [3.8, 4) is 11.5 Å². The van der Waals surface area contributed by atoms with Crippen molar-refractivity contribution in [3.05, 3.63) is 65.7 Å². The summed E-state index contributed by atoms with van der Waals surface area (Å²) in [5.41, 5.74) is 1.03. The fourth-order valence-electron chi connectivity index (χ4n) is 1.62. The topological polar surface area (TPSA) is 66.8 Å². The minimum absolute atomic E-state index is 0.0972. The maximum atomic E-state index is 11.7. The van der Waals surface area contributed by atoms with E-state index in [1.807, 2.05) is 0 Å². The van der Waals surface area contributed by atoms with Crippen molar-refractivity contribution in [2.75, 3.05) is 6.61 Å². The molecule has 0 bridgehead atoms. The van der Waals surface area contributed by atoms with Crippen LogP contribution in [0.2, 0.25) is 0 Å². The van der Waals surface area contributed by atoms with E-state index in [1.54, 1.807) is 48.6 Å². The van der Waals surface area contributed by atoms with Gasteiger partial charge in [0, 0.05) is 0 Å². The molecule has 0 unspecified atom stereocenters. The van der Waals surface area contributed by atoms with Gasteiger partial charge in [-0.05, 0) is 35.9 Å². The van der Waals surface area contributed by atoms with E-state index in [0.717, 1.165) is 5.56 Å². The van der Waals surface area contributed by atoms with Crippen LogP contribution in [0.4, 0.5) is 0 Å². The Hall–Kier alpha value is -2.75. The molecule has 0 aromatic heterocycles. The predicted octanol–water partition coefficient (Wildman–Crippen LogP) is 2.97. The van der Waals surface area contributed by atoms with E-state index in [-0.39, 0.29) is 23.7 Å². The summed E-state index contributed by atoms with van der Waals surface area (Å²) >= 11 is 0. The standard InChI is InChI=1S/C16H14O4/c17-13-9-7-12(8-10-13)4-3-11-20-16(19)14-5-1-2-6-15(14)18/h1-10,17-18H,11H2/b4-3+. The molecule has 2 rings (SSSR count). The highest BCUT2D eigenvalue weighted by atomic mass is 16.5. The highest BCUT2D eigenvalue weighted by Gasteiger charge is 2.10. The number of carbonyl (C=O) groups is 1. The quantitative estimate of drug-likeness (QED) is 0.838. The van der Waals surface area contributed by atoms with Gasteiger partial charge in [-0.25, -0.2) is 4.79 Å². The summed E-state index contributed by atoms with van der Waals surface area (Å²) in [5, 5.41) is 18.6. The van der Waals surface area contributed by atoms with Crippen molar-refractivity contribution in [1.82, 2.24) is 0 Å². The molecule has 0 heterocycles. The predicted molar refractivity (Wildman–Crippen MR) is 75.5 cm³/mol. The van der Waals surface area contributed by atoms with Crippen molar-refractivity contribution in [2.24, 2.45) is 0 Å². The first-order valence-corrected chi connectivity index (χ1v) is 6.07. The summed E-state index contributed by atoms with van der Waals surface area (Å²) in [7, 11) is 0. The number of hydrogen-bond donors (Lipinski definition) is 2. The summed E-state index contributed by atoms with van der Waals surface area (Å²) in [4.78, 5) is 11.7. The van der Waals surface area contributed by atoms with Crippen LogP contribution in [0.1, 0.15) is 15.9 Å². The zero-order valence-corrected chi connectivity index (χ0v) is 10.7. The Bertz CT molecular complexity index is 615. The molecule has 4 nitrogen and oxygen atoms in total. The van der Waals surface area contributed by atoms with E-state index < -0.39 is 5.97 Å². The lowest BCUT2D eigenvalue weighted by Crippen LogP contribution is -2.05. The Morgan fingerprint density at radius 3 is 2.45 bits per heavy atom. The summed E-state index contributed by atoms with van der Waals surface area (Å²) in [6.07, 6.45) is 3.46. The van der Waals surface area contributed by atoms with Gasteiger partial charge in [-0.1, -0.05) is 30.3 Å². The third-order valence-electron chi connectivity index (χ3n) is 2.64. The minimum Gasteiger partial charge on any atom is -0.508 e. The zero-order valence-electron chi connectivity index (χ0n) is 10.7. The van der Waals surface area contributed by atoms with Gasteiger partial charge in [-0.3, -0.25) is 0 Å². The van der Waals surface area contributed by atoms with E-state index in [9.17, 15) is 9.90 Å². The second-order valence-electron chi connectivity index (χ2n) is 4.11. The molecule has 102 valence electrons. The number of benzene rings is 2. The van der Waals surface area contributed by atoms with Crippen molar-refractivity contribution in [2.45, 2.75) is 0 Å². The number of ether oxygens (including phenoxy) is 1. The van der Waals surface area contributed by atoms with E-state index >= 15 is 0 Å². The minimum atomic E-state index is -0.571. The smallest absolute Gasteiger partial charge is 0.342 e. The molecule has 0 aliphatic carbocycles. The van der Waals surface area contributed by atoms with Crippen LogP contribution in [0.5, 0.6) is 11.5 Å². The van der Waals surface area contributed by atoms with Crippen LogP contribution in [-0.4, -0.2) is 22.8 Å².